The van der Waals surface area contributed by atoms with Crippen LogP contribution in [-0.2, 0) is 0 Å². The fourth-order valence-electron chi connectivity index (χ4n) is 6.54. The summed E-state index contributed by atoms with van der Waals surface area (Å²) in [7, 11) is 0. The predicted molar refractivity (Wildman–Crippen MR) is 178 cm³/mol. The van der Waals surface area contributed by atoms with Crippen LogP contribution in [-0.4, -0.2) is 16.2 Å². The van der Waals surface area contributed by atoms with E-state index in [1.807, 2.05) is 48.7 Å². The summed E-state index contributed by atoms with van der Waals surface area (Å²) >= 11 is 0. The number of hydrogen-bond acceptors (Lipinski definition) is 5. The minimum atomic E-state index is -0.362. The summed E-state index contributed by atoms with van der Waals surface area (Å²) < 4.78 is 8.86. The zero-order valence-electron chi connectivity index (χ0n) is 23.7. The topological polar surface area (TPSA) is 66.8 Å². The molecule has 0 saturated carbocycles. The quantitative estimate of drug-likeness (QED) is 0.224. The molecule has 2 atom stereocenters. The van der Waals surface area contributed by atoms with Gasteiger partial charge in [0.05, 0.1) is 11.0 Å². The molecule has 44 heavy (non-hydrogen) atoms. The molecule has 5 aromatic carbocycles. The van der Waals surface area contributed by atoms with Crippen molar-refractivity contribution in [2.45, 2.75) is 12.2 Å². The van der Waals surface area contributed by atoms with Crippen LogP contribution in [0.2, 0.25) is 0 Å². The molecular weight excluding hydrogens is 542 g/mol. The summed E-state index contributed by atoms with van der Waals surface area (Å²) in [5.41, 5.74) is 7.35. The summed E-state index contributed by atoms with van der Waals surface area (Å²) in [6.07, 6.45) is 3.58. The van der Waals surface area contributed by atoms with Gasteiger partial charge in [0.15, 0.2) is 6.17 Å². The van der Waals surface area contributed by atoms with Crippen molar-refractivity contribution in [1.82, 2.24) is 15.2 Å². The average Bonchev–Trinajstić information content (AvgIpc) is 3.64. The van der Waals surface area contributed by atoms with Gasteiger partial charge < -0.3 is 19.6 Å². The van der Waals surface area contributed by atoms with Crippen LogP contribution in [0.5, 0.6) is 0 Å². The van der Waals surface area contributed by atoms with Crippen LogP contribution >= 0.6 is 0 Å². The lowest BCUT2D eigenvalue weighted by Crippen LogP contribution is -2.43. The van der Waals surface area contributed by atoms with E-state index in [4.69, 9.17) is 14.4 Å². The van der Waals surface area contributed by atoms with Gasteiger partial charge in [0.2, 0.25) is 0 Å². The summed E-state index contributed by atoms with van der Waals surface area (Å²) in [6, 6.07) is 43.8. The fraction of sp³-hybridized carbons (Fsp3) is 0.0526. The van der Waals surface area contributed by atoms with E-state index in [0.717, 1.165) is 50.8 Å². The summed E-state index contributed by atoms with van der Waals surface area (Å²) in [5, 5.41) is 10.7. The van der Waals surface area contributed by atoms with Gasteiger partial charge in [-0.25, -0.2) is 9.98 Å². The number of para-hydroxylation sites is 2. The Labute approximate surface area is 253 Å². The molecule has 2 unspecified atom stereocenters. The Morgan fingerprint density at radius 3 is 2.09 bits per heavy atom. The van der Waals surface area contributed by atoms with Crippen molar-refractivity contribution in [3.63, 3.8) is 0 Å². The summed E-state index contributed by atoms with van der Waals surface area (Å²) in [6.45, 7) is 0. The number of fused-ring (bicyclic) bond motifs is 6. The maximum Gasteiger partial charge on any atom is 0.169 e. The second-order valence-corrected chi connectivity index (χ2v) is 11.1. The van der Waals surface area contributed by atoms with E-state index in [9.17, 15) is 0 Å². The smallest absolute Gasteiger partial charge is 0.169 e. The largest absolute Gasteiger partial charge is 0.456 e. The van der Waals surface area contributed by atoms with Crippen molar-refractivity contribution in [2.75, 3.05) is 0 Å². The first kappa shape index (κ1) is 24.7. The highest BCUT2D eigenvalue weighted by Crippen LogP contribution is 2.39. The van der Waals surface area contributed by atoms with E-state index in [-0.39, 0.29) is 12.2 Å². The minimum Gasteiger partial charge on any atom is -0.456 e. The number of rotatable bonds is 4. The number of aliphatic imine (C=N–C) groups is 2. The number of hydrogen-bond donors (Lipinski definition) is 2. The van der Waals surface area contributed by atoms with E-state index in [0.29, 0.717) is 0 Å². The molecule has 0 bridgehead atoms. The molecular formula is C38H27N5O. The predicted octanol–water partition coefficient (Wildman–Crippen LogP) is 8.29. The van der Waals surface area contributed by atoms with Gasteiger partial charge in [-0.2, -0.15) is 0 Å². The van der Waals surface area contributed by atoms with Crippen molar-refractivity contribution in [1.29, 1.82) is 0 Å². The molecule has 0 radical (unpaired) electrons. The first-order valence-corrected chi connectivity index (χ1v) is 14.8. The fourth-order valence-corrected chi connectivity index (χ4v) is 6.54. The highest BCUT2D eigenvalue weighted by molar-refractivity contribution is 6.13. The molecule has 210 valence electrons. The Morgan fingerprint density at radius 1 is 0.659 bits per heavy atom. The van der Waals surface area contributed by atoms with Crippen LogP contribution in [0.3, 0.4) is 0 Å². The van der Waals surface area contributed by atoms with Gasteiger partial charge in [-0.05, 0) is 35.9 Å². The molecule has 2 N–H and O–H groups in total. The summed E-state index contributed by atoms with van der Waals surface area (Å²) in [4.78, 5) is 10.1. The van der Waals surface area contributed by atoms with Crippen LogP contribution in [0.1, 0.15) is 34.7 Å². The normalized spacial score (nSPS) is 17.6. The van der Waals surface area contributed by atoms with E-state index >= 15 is 0 Å². The molecule has 0 spiro atoms. The average molecular weight is 570 g/mol. The van der Waals surface area contributed by atoms with Crippen molar-refractivity contribution >= 4 is 50.5 Å². The second kappa shape index (κ2) is 9.85. The Hall–Kier alpha value is -5.88. The first-order chi connectivity index (χ1) is 21.8. The monoisotopic (exact) mass is 569 g/mol. The lowest BCUT2D eigenvalue weighted by atomic mass is 9.98. The first-order valence-electron chi connectivity index (χ1n) is 14.8. The summed E-state index contributed by atoms with van der Waals surface area (Å²) in [5.74, 6) is 2.42. The third-order valence-electron chi connectivity index (χ3n) is 8.54. The molecule has 6 nitrogen and oxygen atoms in total. The van der Waals surface area contributed by atoms with Crippen LogP contribution < -0.4 is 10.6 Å². The van der Waals surface area contributed by atoms with Gasteiger partial charge in [0.25, 0.3) is 0 Å². The van der Waals surface area contributed by atoms with Gasteiger partial charge in [-0.1, -0.05) is 97.1 Å². The van der Waals surface area contributed by atoms with Crippen LogP contribution in [0, 0.1) is 0 Å². The number of nitrogens with one attached hydrogen (secondary N) is 2. The van der Waals surface area contributed by atoms with E-state index < -0.39 is 0 Å². The van der Waals surface area contributed by atoms with Gasteiger partial charge >= 0.3 is 0 Å². The molecule has 0 amide bonds. The van der Waals surface area contributed by atoms with Gasteiger partial charge in [0.1, 0.15) is 29.1 Å². The second-order valence-electron chi connectivity index (χ2n) is 11.1. The molecule has 4 heterocycles. The molecule has 6 heteroatoms. The third-order valence-corrected chi connectivity index (χ3v) is 8.54. The van der Waals surface area contributed by atoms with Crippen molar-refractivity contribution in [3.05, 3.63) is 156 Å². The van der Waals surface area contributed by atoms with Crippen LogP contribution in [0.4, 0.5) is 0 Å². The van der Waals surface area contributed by atoms with E-state index in [2.05, 4.69) is 106 Å². The minimum absolute atomic E-state index is 0.240. The number of amidine groups is 2. The maximum absolute atomic E-state index is 6.54. The molecule has 2 aliphatic rings. The molecule has 0 fully saturated rings. The van der Waals surface area contributed by atoms with Crippen molar-refractivity contribution < 1.29 is 4.42 Å². The highest BCUT2D eigenvalue weighted by atomic mass is 16.3. The zero-order valence-corrected chi connectivity index (χ0v) is 23.7. The van der Waals surface area contributed by atoms with Crippen LogP contribution in [0.25, 0.3) is 44.5 Å². The Morgan fingerprint density at radius 2 is 1.34 bits per heavy atom. The van der Waals surface area contributed by atoms with E-state index in [1.165, 1.54) is 21.8 Å². The van der Waals surface area contributed by atoms with Crippen molar-refractivity contribution in [3.8, 4) is 5.69 Å². The molecule has 9 rings (SSSR count). The Bertz CT molecular complexity index is 2240. The van der Waals surface area contributed by atoms with Crippen molar-refractivity contribution in [2.24, 2.45) is 9.98 Å². The molecule has 0 aliphatic carbocycles. The maximum atomic E-state index is 6.54. The highest BCUT2D eigenvalue weighted by Gasteiger charge is 2.32. The zero-order chi connectivity index (χ0) is 29.0. The standard InChI is InChI=1S/C38H27N5O/c1-3-11-24(12-4-1)36-40-37(25-13-5-2-6-14-25)42-38(41-36)35-34-29-20-19-26(23-33(29)44-32(34)21-22-39-35)43-30-17-9-7-15-27(30)28-16-8-10-18-31(28)43/h1-23,35-36,39H,(H,40,41,42). The lowest BCUT2D eigenvalue weighted by molar-refractivity contribution is 0.585. The molecule has 7 aromatic rings. The SMILES string of the molecule is C1=Cc2oc3cc(-n4c5ccccc5c5ccccc54)ccc3c2C(C2=NC(c3ccccc3)N=C(c3ccccc3)N2)N1. The number of benzene rings is 5. The molecule has 2 aliphatic heterocycles. The molecule has 2 aromatic heterocycles. The molecule has 0 saturated heterocycles. The van der Waals surface area contributed by atoms with Crippen LogP contribution in [0.15, 0.2) is 148 Å². The van der Waals surface area contributed by atoms with Gasteiger partial charge in [-0.3, -0.25) is 0 Å². The number of nitrogens with zero attached hydrogens (tertiary/aromatic N) is 3. The van der Waals surface area contributed by atoms with Gasteiger partial charge in [-0.15, -0.1) is 0 Å². The Kier molecular flexibility index (Phi) is 5.53. The number of aromatic nitrogens is 1. The van der Waals surface area contributed by atoms with E-state index in [1.54, 1.807) is 0 Å². The third kappa shape index (κ3) is 3.88. The van der Waals surface area contributed by atoms with Gasteiger partial charge in [0, 0.05) is 45.2 Å². The Balaban J connectivity index is 1.17. The lowest BCUT2D eigenvalue weighted by Gasteiger charge is -2.28. The number of furan rings is 1.